The largest absolute Gasteiger partial charge is 0.454 e. The van der Waals surface area contributed by atoms with Crippen LogP contribution in [0.25, 0.3) is 0 Å². The molecule has 156 valence electrons. The Morgan fingerprint density at radius 1 is 1.25 bits per heavy atom. The highest BCUT2D eigenvalue weighted by Crippen LogP contribution is 2.36. The SMILES string of the molecule is CCCS(=O)(=O)N1CCCCC1C(=O)NCC(C)(C)c1ccc2c(c1)OCO2. The Hall–Kier alpha value is -1.80. The molecule has 2 aliphatic rings. The average Bonchev–Trinajstić information content (AvgIpc) is 3.14. The number of carbonyl (C=O) groups is 1. The van der Waals surface area contributed by atoms with Crippen LogP contribution >= 0.6 is 0 Å². The molecule has 1 saturated heterocycles. The number of rotatable bonds is 7. The van der Waals surface area contributed by atoms with Gasteiger partial charge in [-0.1, -0.05) is 33.3 Å². The average molecular weight is 411 g/mol. The summed E-state index contributed by atoms with van der Waals surface area (Å²) in [6.07, 6.45) is 2.78. The Kier molecular flexibility index (Phi) is 6.19. The Balaban J connectivity index is 1.67. The number of nitrogens with zero attached hydrogens (tertiary/aromatic N) is 1. The van der Waals surface area contributed by atoms with E-state index in [-0.39, 0.29) is 23.9 Å². The third-order valence-electron chi connectivity index (χ3n) is 5.43. The van der Waals surface area contributed by atoms with Crippen molar-refractivity contribution in [3.63, 3.8) is 0 Å². The van der Waals surface area contributed by atoms with E-state index in [1.807, 2.05) is 39.0 Å². The fourth-order valence-electron chi connectivity index (χ4n) is 3.72. The smallest absolute Gasteiger partial charge is 0.238 e. The number of nitrogens with one attached hydrogen (secondary N) is 1. The topological polar surface area (TPSA) is 84.9 Å². The quantitative estimate of drug-likeness (QED) is 0.746. The fourth-order valence-corrected chi connectivity index (χ4v) is 5.47. The number of hydrogen-bond donors (Lipinski definition) is 1. The van der Waals surface area contributed by atoms with Gasteiger partial charge < -0.3 is 14.8 Å². The monoisotopic (exact) mass is 410 g/mol. The predicted octanol–water partition coefficient (Wildman–Crippen LogP) is 2.40. The first kappa shape index (κ1) is 20.9. The normalized spacial score (nSPS) is 20.2. The van der Waals surface area contributed by atoms with Crippen LogP contribution in [-0.2, 0) is 20.2 Å². The maximum atomic E-state index is 12.9. The summed E-state index contributed by atoms with van der Waals surface area (Å²) in [7, 11) is -3.40. The van der Waals surface area contributed by atoms with E-state index in [4.69, 9.17) is 9.47 Å². The molecule has 28 heavy (non-hydrogen) atoms. The number of hydrogen-bond acceptors (Lipinski definition) is 5. The van der Waals surface area contributed by atoms with Crippen molar-refractivity contribution in [2.45, 2.75) is 57.9 Å². The molecule has 1 unspecified atom stereocenters. The van der Waals surface area contributed by atoms with Gasteiger partial charge in [-0.25, -0.2) is 8.42 Å². The highest BCUT2D eigenvalue weighted by molar-refractivity contribution is 7.89. The maximum absolute atomic E-state index is 12.9. The second kappa shape index (κ2) is 8.29. The van der Waals surface area contributed by atoms with Crippen molar-refractivity contribution in [2.24, 2.45) is 0 Å². The Morgan fingerprint density at radius 2 is 2.00 bits per heavy atom. The van der Waals surface area contributed by atoms with Gasteiger partial charge in [0.05, 0.1) is 5.75 Å². The van der Waals surface area contributed by atoms with Crippen molar-refractivity contribution >= 4 is 15.9 Å². The number of benzene rings is 1. The standard InChI is InChI=1S/C20H30N2O5S/c1-4-11-28(24,25)22-10-6-5-7-16(22)19(23)21-13-20(2,3)15-8-9-17-18(12-15)27-14-26-17/h8-9,12,16H,4-7,10-11,13-14H2,1-3H3,(H,21,23). The fraction of sp³-hybridized carbons (Fsp3) is 0.650. The zero-order chi connectivity index (χ0) is 20.4. The number of amides is 1. The van der Waals surface area contributed by atoms with Gasteiger partial charge in [-0.05, 0) is 37.0 Å². The van der Waals surface area contributed by atoms with Crippen molar-refractivity contribution in [1.29, 1.82) is 0 Å². The van der Waals surface area contributed by atoms with E-state index in [0.717, 1.165) is 24.2 Å². The molecule has 1 amide bonds. The van der Waals surface area contributed by atoms with E-state index in [0.29, 0.717) is 31.7 Å². The van der Waals surface area contributed by atoms with Gasteiger partial charge >= 0.3 is 0 Å². The summed E-state index contributed by atoms with van der Waals surface area (Å²) >= 11 is 0. The number of fused-ring (bicyclic) bond motifs is 1. The summed E-state index contributed by atoms with van der Waals surface area (Å²) in [5, 5.41) is 2.99. The van der Waals surface area contributed by atoms with Gasteiger partial charge in [-0.2, -0.15) is 4.31 Å². The lowest BCUT2D eigenvalue weighted by Gasteiger charge is -2.34. The summed E-state index contributed by atoms with van der Waals surface area (Å²) in [4.78, 5) is 12.9. The van der Waals surface area contributed by atoms with Gasteiger partial charge in [0.25, 0.3) is 0 Å². The van der Waals surface area contributed by atoms with Crippen LogP contribution in [0.3, 0.4) is 0 Å². The number of piperidine rings is 1. The predicted molar refractivity (Wildman–Crippen MR) is 107 cm³/mol. The van der Waals surface area contributed by atoms with Gasteiger partial charge in [0.1, 0.15) is 6.04 Å². The summed E-state index contributed by atoms with van der Waals surface area (Å²) in [6.45, 7) is 6.97. The molecule has 1 atom stereocenters. The van der Waals surface area contributed by atoms with Gasteiger partial charge in [0.15, 0.2) is 11.5 Å². The number of carbonyl (C=O) groups excluding carboxylic acids is 1. The van der Waals surface area contributed by atoms with Crippen LogP contribution in [0.15, 0.2) is 18.2 Å². The van der Waals surface area contributed by atoms with Crippen molar-refractivity contribution in [3.05, 3.63) is 23.8 Å². The molecule has 1 aromatic carbocycles. The Labute approximate surface area is 167 Å². The highest BCUT2D eigenvalue weighted by atomic mass is 32.2. The van der Waals surface area contributed by atoms with Crippen LogP contribution in [0.4, 0.5) is 0 Å². The van der Waals surface area contributed by atoms with Crippen molar-refractivity contribution in [1.82, 2.24) is 9.62 Å². The zero-order valence-corrected chi connectivity index (χ0v) is 17.7. The molecular weight excluding hydrogens is 380 g/mol. The number of sulfonamides is 1. The third kappa shape index (κ3) is 4.43. The maximum Gasteiger partial charge on any atom is 0.238 e. The molecule has 0 radical (unpaired) electrons. The summed E-state index contributed by atoms with van der Waals surface area (Å²) < 4.78 is 37.3. The van der Waals surface area contributed by atoms with E-state index in [1.165, 1.54) is 4.31 Å². The summed E-state index contributed by atoms with van der Waals surface area (Å²) in [5.41, 5.74) is 0.689. The van der Waals surface area contributed by atoms with Crippen molar-refractivity contribution in [2.75, 3.05) is 25.6 Å². The minimum atomic E-state index is -3.40. The van der Waals surface area contributed by atoms with E-state index < -0.39 is 16.1 Å². The van der Waals surface area contributed by atoms with E-state index >= 15 is 0 Å². The molecule has 2 heterocycles. The molecule has 0 aliphatic carbocycles. The minimum Gasteiger partial charge on any atom is -0.454 e. The summed E-state index contributed by atoms with van der Waals surface area (Å²) in [6, 6.07) is 5.17. The first-order valence-corrected chi connectivity index (χ1v) is 11.5. The van der Waals surface area contributed by atoms with E-state index in [1.54, 1.807) is 0 Å². The molecule has 0 bridgehead atoms. The lowest BCUT2D eigenvalue weighted by molar-refractivity contribution is -0.125. The molecule has 1 fully saturated rings. The molecule has 0 saturated carbocycles. The van der Waals surface area contributed by atoms with Crippen LogP contribution in [0.1, 0.15) is 52.0 Å². The minimum absolute atomic E-state index is 0.0828. The first-order valence-electron chi connectivity index (χ1n) is 9.92. The first-order chi connectivity index (χ1) is 13.2. The van der Waals surface area contributed by atoms with Crippen LogP contribution in [-0.4, -0.2) is 50.3 Å². The van der Waals surface area contributed by atoms with Crippen LogP contribution in [0.5, 0.6) is 11.5 Å². The lowest BCUT2D eigenvalue weighted by atomic mass is 9.84. The van der Waals surface area contributed by atoms with E-state index in [2.05, 4.69) is 5.32 Å². The van der Waals surface area contributed by atoms with Crippen LogP contribution in [0, 0.1) is 0 Å². The van der Waals surface area contributed by atoms with Gasteiger partial charge in [-0.3, -0.25) is 4.79 Å². The van der Waals surface area contributed by atoms with Gasteiger partial charge in [0.2, 0.25) is 22.7 Å². The molecule has 7 nitrogen and oxygen atoms in total. The Morgan fingerprint density at radius 3 is 2.75 bits per heavy atom. The summed E-state index contributed by atoms with van der Waals surface area (Å²) in [5.74, 6) is 1.30. The Bertz CT molecular complexity index is 822. The molecule has 0 aromatic heterocycles. The van der Waals surface area contributed by atoms with Crippen molar-refractivity contribution in [3.8, 4) is 11.5 Å². The third-order valence-corrected chi connectivity index (χ3v) is 7.51. The van der Waals surface area contributed by atoms with Gasteiger partial charge in [0, 0.05) is 18.5 Å². The number of ether oxygens (including phenoxy) is 2. The second-order valence-corrected chi connectivity index (χ2v) is 10.1. The highest BCUT2D eigenvalue weighted by Gasteiger charge is 2.36. The molecule has 3 rings (SSSR count). The molecule has 1 N–H and O–H groups in total. The lowest BCUT2D eigenvalue weighted by Crippen LogP contribution is -2.53. The van der Waals surface area contributed by atoms with Crippen LogP contribution < -0.4 is 14.8 Å². The van der Waals surface area contributed by atoms with E-state index in [9.17, 15) is 13.2 Å². The van der Waals surface area contributed by atoms with Crippen LogP contribution in [0.2, 0.25) is 0 Å². The molecule has 8 heteroatoms. The molecular formula is C20H30N2O5S. The molecule has 2 aliphatic heterocycles. The molecule has 0 spiro atoms. The van der Waals surface area contributed by atoms with Crippen molar-refractivity contribution < 1.29 is 22.7 Å². The zero-order valence-electron chi connectivity index (χ0n) is 16.9. The second-order valence-electron chi connectivity index (χ2n) is 8.11. The van der Waals surface area contributed by atoms with Gasteiger partial charge in [-0.15, -0.1) is 0 Å². The molecule has 1 aromatic rings.